The largest absolute Gasteiger partial charge is 0.381 e. The molecular weight excluding hydrogens is 296 g/mol. The second-order valence-corrected chi connectivity index (χ2v) is 5.70. The van der Waals surface area contributed by atoms with Crippen molar-refractivity contribution in [3.05, 3.63) is 32.8 Å². The Kier molecular flexibility index (Phi) is 4.22. The van der Waals surface area contributed by atoms with Crippen molar-refractivity contribution in [1.82, 2.24) is 0 Å². The second kappa shape index (κ2) is 5.69. The minimum absolute atomic E-state index is 0.114. The fraction of sp³-hybridized carbons (Fsp3) is 0.538. The Bertz CT molecular complexity index is 447. The van der Waals surface area contributed by atoms with Crippen molar-refractivity contribution in [3.63, 3.8) is 0 Å². The van der Waals surface area contributed by atoms with Crippen molar-refractivity contribution >= 4 is 27.3 Å². The fourth-order valence-electron chi connectivity index (χ4n) is 2.04. The van der Waals surface area contributed by atoms with E-state index >= 15 is 0 Å². The Labute approximate surface area is 115 Å². The van der Waals surface area contributed by atoms with Gasteiger partial charge in [0.1, 0.15) is 0 Å². The third-order valence-corrected chi connectivity index (χ3v) is 3.99. The number of rotatable bonds is 6. The molecule has 0 amide bonds. The number of non-ortho nitro benzene ring substituents is 1. The van der Waals surface area contributed by atoms with E-state index < -0.39 is 0 Å². The summed E-state index contributed by atoms with van der Waals surface area (Å²) in [5.41, 5.74) is 1.05. The average Bonchev–Trinajstić information content (AvgIpc) is 3.14. The molecule has 1 saturated carbocycles. The van der Waals surface area contributed by atoms with E-state index in [1.807, 2.05) is 0 Å². The maximum Gasteiger partial charge on any atom is 0.270 e. The number of hydrogen-bond donors (Lipinski definition) is 1. The predicted octanol–water partition coefficient (Wildman–Crippen LogP) is 4.35. The molecule has 0 aromatic heterocycles. The van der Waals surface area contributed by atoms with E-state index in [-0.39, 0.29) is 10.6 Å². The minimum Gasteiger partial charge on any atom is -0.381 e. The van der Waals surface area contributed by atoms with E-state index in [0.717, 1.165) is 22.5 Å². The lowest BCUT2D eigenvalue weighted by Crippen LogP contribution is -2.19. The zero-order valence-corrected chi connectivity index (χ0v) is 11.9. The SMILES string of the molecule is CCC(CC1CC1)Nc1ccc([N+](=O)[O-])cc1Br. The number of nitrogens with one attached hydrogen (secondary N) is 1. The van der Waals surface area contributed by atoms with E-state index in [4.69, 9.17) is 0 Å². The van der Waals surface area contributed by atoms with E-state index in [2.05, 4.69) is 28.2 Å². The van der Waals surface area contributed by atoms with Crippen molar-refractivity contribution < 1.29 is 4.92 Å². The third-order valence-electron chi connectivity index (χ3n) is 3.33. The third kappa shape index (κ3) is 3.45. The van der Waals surface area contributed by atoms with Crippen LogP contribution in [0.15, 0.2) is 22.7 Å². The molecule has 1 aromatic carbocycles. The van der Waals surface area contributed by atoms with Crippen LogP contribution >= 0.6 is 15.9 Å². The van der Waals surface area contributed by atoms with E-state index in [1.54, 1.807) is 12.1 Å². The first kappa shape index (κ1) is 13.3. The van der Waals surface area contributed by atoms with Crippen LogP contribution in [-0.2, 0) is 0 Å². The van der Waals surface area contributed by atoms with Gasteiger partial charge in [-0.1, -0.05) is 19.8 Å². The molecule has 1 aliphatic rings. The summed E-state index contributed by atoms with van der Waals surface area (Å²) in [6.07, 6.45) is 4.96. The Morgan fingerprint density at radius 3 is 2.78 bits per heavy atom. The maximum atomic E-state index is 10.7. The molecular formula is C13H17BrN2O2. The zero-order chi connectivity index (χ0) is 13.1. The summed E-state index contributed by atoms with van der Waals surface area (Å²) in [5, 5.41) is 14.1. The van der Waals surface area contributed by atoms with E-state index in [0.29, 0.717) is 6.04 Å². The lowest BCUT2D eigenvalue weighted by molar-refractivity contribution is -0.384. The van der Waals surface area contributed by atoms with E-state index in [9.17, 15) is 10.1 Å². The molecule has 18 heavy (non-hydrogen) atoms. The van der Waals surface area contributed by atoms with Gasteiger partial charge in [-0.05, 0) is 40.8 Å². The lowest BCUT2D eigenvalue weighted by Gasteiger charge is -2.18. The van der Waals surface area contributed by atoms with Gasteiger partial charge in [0.15, 0.2) is 0 Å². The molecule has 0 aliphatic heterocycles. The minimum atomic E-state index is -0.379. The molecule has 2 rings (SSSR count). The number of halogens is 1. The van der Waals surface area contributed by atoms with Crippen LogP contribution in [0.25, 0.3) is 0 Å². The van der Waals surface area contributed by atoms with Crippen LogP contribution in [-0.4, -0.2) is 11.0 Å². The summed E-state index contributed by atoms with van der Waals surface area (Å²) in [6.45, 7) is 2.17. The Morgan fingerprint density at radius 2 is 2.28 bits per heavy atom. The van der Waals surface area contributed by atoms with E-state index in [1.165, 1.54) is 25.3 Å². The molecule has 0 radical (unpaired) electrons. The smallest absolute Gasteiger partial charge is 0.270 e. The van der Waals surface area contributed by atoms with Crippen molar-refractivity contribution in [3.8, 4) is 0 Å². The first-order valence-electron chi connectivity index (χ1n) is 6.30. The van der Waals surface area contributed by atoms with Gasteiger partial charge in [0.2, 0.25) is 0 Å². The molecule has 0 bridgehead atoms. The van der Waals surface area contributed by atoms with Crippen molar-refractivity contribution in [2.75, 3.05) is 5.32 Å². The number of anilines is 1. The summed E-state index contributed by atoms with van der Waals surface area (Å²) in [7, 11) is 0. The highest BCUT2D eigenvalue weighted by atomic mass is 79.9. The first-order chi connectivity index (χ1) is 8.60. The molecule has 0 spiro atoms. The maximum absolute atomic E-state index is 10.7. The molecule has 0 saturated heterocycles. The van der Waals surface area contributed by atoms with Gasteiger partial charge in [-0.25, -0.2) is 0 Å². The van der Waals surface area contributed by atoms with Crippen molar-refractivity contribution in [2.24, 2.45) is 5.92 Å². The van der Waals surface area contributed by atoms with Gasteiger partial charge in [0.05, 0.1) is 4.92 Å². The molecule has 1 N–H and O–H groups in total. The number of benzene rings is 1. The predicted molar refractivity (Wildman–Crippen MR) is 75.8 cm³/mol. The van der Waals surface area contributed by atoms with Crippen molar-refractivity contribution in [1.29, 1.82) is 0 Å². The van der Waals surface area contributed by atoms with Gasteiger partial charge in [-0.3, -0.25) is 10.1 Å². The quantitative estimate of drug-likeness (QED) is 0.627. The van der Waals surface area contributed by atoms with Crippen LogP contribution in [0.4, 0.5) is 11.4 Å². The van der Waals surface area contributed by atoms with Gasteiger partial charge in [0.25, 0.3) is 5.69 Å². The zero-order valence-electron chi connectivity index (χ0n) is 10.4. The molecule has 1 fully saturated rings. The highest BCUT2D eigenvalue weighted by Gasteiger charge is 2.25. The highest BCUT2D eigenvalue weighted by Crippen LogP contribution is 2.35. The number of hydrogen-bond acceptors (Lipinski definition) is 3. The molecule has 1 atom stereocenters. The topological polar surface area (TPSA) is 55.2 Å². The molecule has 5 heteroatoms. The van der Waals surface area contributed by atoms with Gasteiger partial charge < -0.3 is 5.32 Å². The van der Waals surface area contributed by atoms with Crippen LogP contribution in [0.2, 0.25) is 0 Å². The molecule has 0 heterocycles. The molecule has 1 aromatic rings. The van der Waals surface area contributed by atoms with Crippen molar-refractivity contribution in [2.45, 2.75) is 38.6 Å². The van der Waals surface area contributed by atoms with Crippen LogP contribution in [0.1, 0.15) is 32.6 Å². The monoisotopic (exact) mass is 312 g/mol. The molecule has 1 unspecified atom stereocenters. The summed E-state index contributed by atoms with van der Waals surface area (Å²) >= 11 is 3.39. The highest BCUT2D eigenvalue weighted by molar-refractivity contribution is 9.10. The second-order valence-electron chi connectivity index (χ2n) is 4.85. The molecule has 4 nitrogen and oxygen atoms in total. The standard InChI is InChI=1S/C13H17BrN2O2/c1-2-10(7-9-3-4-9)15-13-6-5-11(16(17)18)8-12(13)14/h5-6,8-10,15H,2-4,7H2,1H3. The number of nitro groups is 1. The number of nitro benzene ring substituents is 1. The Morgan fingerprint density at radius 1 is 1.56 bits per heavy atom. The van der Waals surface area contributed by atoms with Gasteiger partial charge >= 0.3 is 0 Å². The Hall–Kier alpha value is -1.10. The molecule has 98 valence electrons. The lowest BCUT2D eigenvalue weighted by atomic mass is 10.1. The van der Waals surface area contributed by atoms with Gasteiger partial charge in [-0.15, -0.1) is 0 Å². The normalized spacial score (nSPS) is 16.3. The summed E-state index contributed by atoms with van der Waals surface area (Å²) in [5.74, 6) is 0.874. The van der Waals surface area contributed by atoms with Gasteiger partial charge in [0, 0.05) is 28.3 Å². The van der Waals surface area contributed by atoms with Crippen LogP contribution in [0.3, 0.4) is 0 Å². The van der Waals surface area contributed by atoms with Crippen LogP contribution in [0.5, 0.6) is 0 Å². The fourth-order valence-corrected chi connectivity index (χ4v) is 2.52. The summed E-state index contributed by atoms with van der Waals surface area (Å²) < 4.78 is 0.756. The Balaban J connectivity index is 2.05. The van der Waals surface area contributed by atoms with Crippen LogP contribution < -0.4 is 5.32 Å². The number of nitrogens with zero attached hydrogens (tertiary/aromatic N) is 1. The van der Waals surface area contributed by atoms with Gasteiger partial charge in [-0.2, -0.15) is 0 Å². The first-order valence-corrected chi connectivity index (χ1v) is 7.10. The summed E-state index contributed by atoms with van der Waals surface area (Å²) in [6, 6.07) is 5.32. The van der Waals surface area contributed by atoms with Crippen LogP contribution in [0, 0.1) is 16.0 Å². The molecule has 1 aliphatic carbocycles. The average molecular weight is 313 g/mol. The summed E-state index contributed by atoms with van der Waals surface area (Å²) in [4.78, 5) is 10.3.